The molecule has 0 atom stereocenters. The maximum absolute atomic E-state index is 11.9. The fourth-order valence-electron chi connectivity index (χ4n) is 3.50. The molecule has 1 aromatic heterocycles. The van der Waals surface area contributed by atoms with E-state index in [0.29, 0.717) is 12.5 Å². The lowest BCUT2D eigenvalue weighted by Crippen LogP contribution is -2.41. The average Bonchev–Trinajstić information content (AvgIpc) is 3.00. The van der Waals surface area contributed by atoms with Gasteiger partial charge in [-0.1, -0.05) is 31.5 Å². The van der Waals surface area contributed by atoms with Gasteiger partial charge in [-0.2, -0.15) is 0 Å². The SMILES string of the molecule is CCCCNC(=O)CN1CCC(c2c[nH]c3ccccc23)CC1. The molecule has 0 aliphatic carbocycles. The number of aromatic amines is 1. The summed E-state index contributed by atoms with van der Waals surface area (Å²) >= 11 is 0. The molecule has 1 saturated heterocycles. The molecule has 0 radical (unpaired) electrons. The second-order valence-corrected chi connectivity index (χ2v) is 6.54. The lowest BCUT2D eigenvalue weighted by atomic mass is 9.89. The molecular formula is C19H27N3O. The minimum absolute atomic E-state index is 0.170. The smallest absolute Gasteiger partial charge is 0.234 e. The second-order valence-electron chi connectivity index (χ2n) is 6.54. The number of H-pyrrole nitrogens is 1. The summed E-state index contributed by atoms with van der Waals surface area (Å²) in [5.41, 5.74) is 2.66. The van der Waals surface area contributed by atoms with Crippen molar-refractivity contribution in [1.29, 1.82) is 0 Å². The van der Waals surface area contributed by atoms with Crippen molar-refractivity contribution in [3.8, 4) is 0 Å². The molecule has 1 fully saturated rings. The highest BCUT2D eigenvalue weighted by Crippen LogP contribution is 2.32. The van der Waals surface area contributed by atoms with Crippen LogP contribution in [0.15, 0.2) is 30.5 Å². The number of hydrogen-bond donors (Lipinski definition) is 2. The van der Waals surface area contributed by atoms with Crippen molar-refractivity contribution in [1.82, 2.24) is 15.2 Å². The summed E-state index contributed by atoms with van der Waals surface area (Å²) in [7, 11) is 0. The molecule has 2 aromatic rings. The van der Waals surface area contributed by atoms with Crippen molar-refractivity contribution in [2.45, 2.75) is 38.5 Å². The van der Waals surface area contributed by atoms with E-state index >= 15 is 0 Å². The predicted molar refractivity (Wildman–Crippen MR) is 94.6 cm³/mol. The molecule has 0 unspecified atom stereocenters. The van der Waals surface area contributed by atoms with Crippen molar-refractivity contribution in [2.24, 2.45) is 0 Å². The molecule has 23 heavy (non-hydrogen) atoms. The first kappa shape index (κ1) is 16.1. The van der Waals surface area contributed by atoms with Crippen LogP contribution < -0.4 is 5.32 Å². The molecule has 2 heterocycles. The largest absolute Gasteiger partial charge is 0.361 e. The number of rotatable bonds is 6. The fourth-order valence-corrected chi connectivity index (χ4v) is 3.50. The van der Waals surface area contributed by atoms with Gasteiger partial charge >= 0.3 is 0 Å². The standard InChI is InChI=1S/C19H27N3O/c1-2-3-10-20-19(23)14-22-11-8-15(9-12-22)17-13-21-18-7-5-4-6-16(17)18/h4-7,13,15,21H,2-3,8-12,14H2,1H3,(H,20,23). The Morgan fingerprint density at radius 1 is 1.30 bits per heavy atom. The Hall–Kier alpha value is -1.81. The van der Waals surface area contributed by atoms with Gasteiger partial charge in [0.05, 0.1) is 6.54 Å². The van der Waals surface area contributed by atoms with Gasteiger partial charge < -0.3 is 10.3 Å². The van der Waals surface area contributed by atoms with Crippen LogP contribution >= 0.6 is 0 Å². The minimum atomic E-state index is 0.170. The number of benzene rings is 1. The first-order chi connectivity index (χ1) is 11.3. The number of amides is 1. The number of piperidine rings is 1. The molecule has 1 aromatic carbocycles. The van der Waals surface area contributed by atoms with Crippen molar-refractivity contribution in [2.75, 3.05) is 26.2 Å². The van der Waals surface area contributed by atoms with E-state index in [1.165, 1.54) is 16.5 Å². The van der Waals surface area contributed by atoms with Crippen LogP contribution in [0.2, 0.25) is 0 Å². The van der Waals surface area contributed by atoms with Gasteiger partial charge in [0.25, 0.3) is 0 Å². The van der Waals surface area contributed by atoms with Gasteiger partial charge in [0.1, 0.15) is 0 Å². The van der Waals surface area contributed by atoms with Gasteiger partial charge in [-0.3, -0.25) is 9.69 Å². The molecular weight excluding hydrogens is 286 g/mol. The maximum atomic E-state index is 11.9. The van der Waals surface area contributed by atoms with Gasteiger partial charge in [-0.05, 0) is 49.9 Å². The van der Waals surface area contributed by atoms with Gasteiger partial charge in [0, 0.05) is 23.6 Å². The number of nitrogens with one attached hydrogen (secondary N) is 2. The summed E-state index contributed by atoms with van der Waals surface area (Å²) in [6, 6.07) is 8.52. The Kier molecular flexibility index (Phi) is 5.34. The normalized spacial score (nSPS) is 16.7. The van der Waals surface area contributed by atoms with Crippen molar-refractivity contribution in [3.05, 3.63) is 36.0 Å². The predicted octanol–water partition coefficient (Wildman–Crippen LogP) is 3.26. The van der Waals surface area contributed by atoms with Crippen LogP contribution in [-0.2, 0) is 4.79 Å². The average molecular weight is 313 g/mol. The van der Waals surface area contributed by atoms with E-state index in [2.05, 4.69) is 52.6 Å². The Balaban J connectivity index is 1.51. The summed E-state index contributed by atoms with van der Waals surface area (Å²) in [5.74, 6) is 0.773. The third-order valence-electron chi connectivity index (χ3n) is 4.87. The summed E-state index contributed by atoms with van der Waals surface area (Å²) < 4.78 is 0. The zero-order chi connectivity index (χ0) is 16.1. The van der Waals surface area contributed by atoms with Gasteiger partial charge in [0.15, 0.2) is 0 Å². The van der Waals surface area contributed by atoms with Crippen LogP contribution in [0.4, 0.5) is 0 Å². The molecule has 3 rings (SSSR count). The lowest BCUT2D eigenvalue weighted by Gasteiger charge is -2.31. The van der Waals surface area contributed by atoms with Crippen LogP contribution in [0.25, 0.3) is 10.9 Å². The van der Waals surface area contributed by atoms with E-state index in [4.69, 9.17) is 0 Å². The minimum Gasteiger partial charge on any atom is -0.361 e. The summed E-state index contributed by atoms with van der Waals surface area (Å²) in [6.45, 7) is 5.50. The molecule has 2 N–H and O–H groups in total. The molecule has 0 bridgehead atoms. The molecule has 4 nitrogen and oxygen atoms in total. The van der Waals surface area contributed by atoms with Crippen LogP contribution in [0.1, 0.15) is 44.1 Å². The number of unbranched alkanes of at least 4 members (excludes halogenated alkanes) is 1. The Morgan fingerprint density at radius 2 is 2.09 bits per heavy atom. The van der Waals surface area contributed by atoms with E-state index in [1.54, 1.807) is 0 Å². The highest BCUT2D eigenvalue weighted by molar-refractivity contribution is 5.83. The number of carbonyl (C=O) groups excluding carboxylic acids is 1. The number of fused-ring (bicyclic) bond motifs is 1. The Morgan fingerprint density at radius 3 is 2.87 bits per heavy atom. The van der Waals surface area contributed by atoms with Crippen molar-refractivity contribution >= 4 is 16.8 Å². The van der Waals surface area contributed by atoms with Crippen LogP contribution in [0.5, 0.6) is 0 Å². The van der Waals surface area contributed by atoms with Crippen molar-refractivity contribution < 1.29 is 4.79 Å². The summed E-state index contributed by atoms with van der Waals surface area (Å²) in [5, 5.41) is 4.36. The van der Waals surface area contributed by atoms with E-state index in [9.17, 15) is 4.79 Å². The van der Waals surface area contributed by atoms with E-state index < -0.39 is 0 Å². The van der Waals surface area contributed by atoms with Gasteiger partial charge in [0.2, 0.25) is 5.91 Å². The van der Waals surface area contributed by atoms with Crippen molar-refractivity contribution in [3.63, 3.8) is 0 Å². The summed E-state index contributed by atoms with van der Waals surface area (Å²) in [6.07, 6.45) is 6.61. The van der Waals surface area contributed by atoms with Crippen LogP contribution in [-0.4, -0.2) is 42.0 Å². The summed E-state index contributed by atoms with van der Waals surface area (Å²) in [4.78, 5) is 17.6. The molecule has 1 amide bonds. The molecule has 4 heteroatoms. The number of para-hydroxylation sites is 1. The quantitative estimate of drug-likeness (QED) is 0.804. The molecule has 1 aliphatic rings. The highest BCUT2D eigenvalue weighted by Gasteiger charge is 2.23. The monoisotopic (exact) mass is 313 g/mol. The number of carbonyl (C=O) groups is 1. The van der Waals surface area contributed by atoms with E-state index in [0.717, 1.165) is 45.3 Å². The molecule has 0 saturated carbocycles. The zero-order valence-corrected chi connectivity index (χ0v) is 14.0. The lowest BCUT2D eigenvalue weighted by molar-refractivity contribution is -0.122. The third-order valence-corrected chi connectivity index (χ3v) is 4.87. The highest BCUT2D eigenvalue weighted by atomic mass is 16.2. The zero-order valence-electron chi connectivity index (χ0n) is 14.0. The van der Waals surface area contributed by atoms with Gasteiger partial charge in [-0.15, -0.1) is 0 Å². The number of likely N-dealkylation sites (tertiary alicyclic amines) is 1. The first-order valence-corrected chi connectivity index (χ1v) is 8.83. The fraction of sp³-hybridized carbons (Fsp3) is 0.526. The number of nitrogens with zero attached hydrogens (tertiary/aromatic N) is 1. The van der Waals surface area contributed by atoms with E-state index in [1.807, 2.05) is 0 Å². The Bertz CT molecular complexity index is 641. The second kappa shape index (κ2) is 7.64. The van der Waals surface area contributed by atoms with Crippen LogP contribution in [0.3, 0.4) is 0 Å². The first-order valence-electron chi connectivity index (χ1n) is 8.83. The van der Waals surface area contributed by atoms with Crippen LogP contribution in [0, 0.1) is 0 Å². The van der Waals surface area contributed by atoms with Gasteiger partial charge in [-0.25, -0.2) is 0 Å². The molecule has 124 valence electrons. The number of hydrogen-bond acceptors (Lipinski definition) is 2. The van der Waals surface area contributed by atoms with E-state index in [-0.39, 0.29) is 5.91 Å². The third kappa shape index (κ3) is 3.94. The maximum Gasteiger partial charge on any atom is 0.234 e. The Labute approximate surface area is 138 Å². The molecule has 1 aliphatic heterocycles. The molecule has 0 spiro atoms. The number of aromatic nitrogens is 1. The topological polar surface area (TPSA) is 48.1 Å².